The number of hydrogen-bond donors (Lipinski definition) is 2. The molecule has 7 heteroatoms. The van der Waals surface area contributed by atoms with Crippen LogP contribution in [0.3, 0.4) is 0 Å². The first-order valence-electron chi connectivity index (χ1n) is 9.04. The smallest absolute Gasteiger partial charge is 0.270 e. The molecule has 1 amide bonds. The molecule has 138 valence electrons. The molecule has 1 aliphatic rings. The summed E-state index contributed by atoms with van der Waals surface area (Å²) in [5.41, 5.74) is 1.15. The van der Waals surface area contributed by atoms with Crippen LogP contribution in [-0.2, 0) is 6.54 Å². The van der Waals surface area contributed by atoms with Gasteiger partial charge in [-0.25, -0.2) is 9.97 Å². The third-order valence-electron chi connectivity index (χ3n) is 4.87. The first-order valence-corrected chi connectivity index (χ1v) is 9.04. The molecule has 2 N–H and O–H groups in total. The van der Waals surface area contributed by atoms with Gasteiger partial charge in [-0.2, -0.15) is 5.10 Å². The van der Waals surface area contributed by atoms with Gasteiger partial charge >= 0.3 is 0 Å². The van der Waals surface area contributed by atoms with E-state index in [9.17, 15) is 9.90 Å². The van der Waals surface area contributed by atoms with Crippen molar-refractivity contribution >= 4 is 5.91 Å². The quantitative estimate of drug-likeness (QED) is 0.722. The van der Waals surface area contributed by atoms with Crippen molar-refractivity contribution in [2.45, 2.75) is 31.5 Å². The van der Waals surface area contributed by atoms with Crippen LogP contribution in [0.1, 0.15) is 23.3 Å². The number of carbonyl (C=O) groups excluding carboxylic acids is 1. The number of amides is 1. The molecule has 2 heterocycles. The molecule has 3 aromatic rings. The summed E-state index contributed by atoms with van der Waals surface area (Å²) < 4.78 is 1.86. The van der Waals surface area contributed by atoms with Crippen molar-refractivity contribution in [3.05, 3.63) is 66.7 Å². The first-order chi connectivity index (χ1) is 13.2. The fourth-order valence-corrected chi connectivity index (χ4v) is 3.55. The Hall–Kier alpha value is -3.06. The Labute approximate surface area is 157 Å². The van der Waals surface area contributed by atoms with Crippen LogP contribution in [0.5, 0.6) is 0 Å². The van der Waals surface area contributed by atoms with E-state index in [2.05, 4.69) is 20.4 Å². The number of nitrogens with one attached hydrogen (secondary N) is 1. The second-order valence-corrected chi connectivity index (χ2v) is 6.84. The number of nitrogens with zero attached hydrogens (tertiary/aromatic N) is 4. The van der Waals surface area contributed by atoms with E-state index in [4.69, 9.17) is 0 Å². The molecule has 4 rings (SSSR count). The van der Waals surface area contributed by atoms with E-state index in [1.54, 1.807) is 18.5 Å². The summed E-state index contributed by atoms with van der Waals surface area (Å²) in [6, 6.07) is 12.7. The molecule has 0 radical (unpaired) electrons. The highest BCUT2D eigenvalue weighted by atomic mass is 16.3. The number of hydrogen-bond acceptors (Lipinski definition) is 5. The SMILES string of the molecule is O=C(N[C@@H]1CC(Cn2cccn2)C[C@H]1O)c1ccnc(-c2ccccc2)n1. The second-order valence-electron chi connectivity index (χ2n) is 6.84. The van der Waals surface area contributed by atoms with E-state index < -0.39 is 6.10 Å². The second kappa shape index (κ2) is 7.67. The highest BCUT2D eigenvalue weighted by Gasteiger charge is 2.34. The number of aromatic nitrogens is 4. The Morgan fingerprint density at radius 2 is 2.00 bits per heavy atom. The zero-order valence-corrected chi connectivity index (χ0v) is 14.8. The van der Waals surface area contributed by atoms with Crippen LogP contribution in [0.25, 0.3) is 11.4 Å². The van der Waals surface area contributed by atoms with Gasteiger partial charge in [-0.1, -0.05) is 30.3 Å². The average molecular weight is 363 g/mol. The monoisotopic (exact) mass is 363 g/mol. The predicted octanol–water partition coefficient (Wildman–Crippen LogP) is 1.91. The maximum atomic E-state index is 12.6. The van der Waals surface area contributed by atoms with Crippen molar-refractivity contribution in [1.29, 1.82) is 0 Å². The highest BCUT2D eigenvalue weighted by molar-refractivity contribution is 5.92. The minimum Gasteiger partial charge on any atom is -0.391 e. The Morgan fingerprint density at radius 1 is 1.15 bits per heavy atom. The maximum Gasteiger partial charge on any atom is 0.270 e. The molecule has 0 saturated heterocycles. The Morgan fingerprint density at radius 3 is 2.78 bits per heavy atom. The molecule has 0 spiro atoms. The summed E-state index contributed by atoms with van der Waals surface area (Å²) in [6.45, 7) is 0.738. The normalized spacial score (nSPS) is 21.9. The fourth-order valence-electron chi connectivity index (χ4n) is 3.55. The van der Waals surface area contributed by atoms with Gasteiger partial charge in [0.2, 0.25) is 0 Å². The molecule has 1 unspecified atom stereocenters. The van der Waals surface area contributed by atoms with Crippen LogP contribution >= 0.6 is 0 Å². The molecule has 7 nitrogen and oxygen atoms in total. The molecule has 1 fully saturated rings. The van der Waals surface area contributed by atoms with Gasteiger partial charge in [0.05, 0.1) is 12.1 Å². The van der Waals surface area contributed by atoms with E-state index >= 15 is 0 Å². The summed E-state index contributed by atoms with van der Waals surface area (Å²) >= 11 is 0. The third kappa shape index (κ3) is 4.03. The number of aliphatic hydroxyl groups excluding tert-OH is 1. The van der Waals surface area contributed by atoms with Crippen molar-refractivity contribution in [1.82, 2.24) is 25.1 Å². The van der Waals surface area contributed by atoms with Crippen LogP contribution in [0, 0.1) is 5.92 Å². The summed E-state index contributed by atoms with van der Waals surface area (Å²) in [4.78, 5) is 21.2. The van der Waals surface area contributed by atoms with Crippen LogP contribution < -0.4 is 5.32 Å². The summed E-state index contributed by atoms with van der Waals surface area (Å²) in [5.74, 6) is 0.487. The van der Waals surface area contributed by atoms with Crippen molar-refractivity contribution in [2.75, 3.05) is 0 Å². The van der Waals surface area contributed by atoms with Gasteiger partial charge in [0.15, 0.2) is 5.82 Å². The van der Waals surface area contributed by atoms with E-state index in [0.717, 1.165) is 12.1 Å². The van der Waals surface area contributed by atoms with Gasteiger partial charge in [0.1, 0.15) is 5.69 Å². The average Bonchev–Trinajstić information content (AvgIpc) is 3.33. The molecule has 1 saturated carbocycles. The van der Waals surface area contributed by atoms with Crippen LogP contribution in [0.15, 0.2) is 61.1 Å². The first kappa shape index (κ1) is 17.4. The molecule has 2 aromatic heterocycles. The van der Waals surface area contributed by atoms with E-state index in [1.807, 2.05) is 47.3 Å². The maximum absolute atomic E-state index is 12.6. The lowest BCUT2D eigenvalue weighted by Crippen LogP contribution is -2.40. The largest absolute Gasteiger partial charge is 0.391 e. The molecule has 27 heavy (non-hydrogen) atoms. The Kier molecular flexibility index (Phi) is 4.93. The van der Waals surface area contributed by atoms with E-state index in [-0.39, 0.29) is 17.9 Å². The number of benzene rings is 1. The number of aliphatic hydroxyl groups is 1. The fraction of sp³-hybridized carbons (Fsp3) is 0.300. The van der Waals surface area contributed by atoms with Gasteiger partial charge in [-0.15, -0.1) is 0 Å². The molecule has 0 bridgehead atoms. The Balaban J connectivity index is 1.42. The highest BCUT2D eigenvalue weighted by Crippen LogP contribution is 2.27. The van der Waals surface area contributed by atoms with Gasteiger partial charge in [-0.3, -0.25) is 9.48 Å². The minimum atomic E-state index is -0.565. The van der Waals surface area contributed by atoms with Crippen molar-refractivity contribution in [3.63, 3.8) is 0 Å². The Bertz CT molecular complexity index is 898. The van der Waals surface area contributed by atoms with Crippen molar-refractivity contribution < 1.29 is 9.90 Å². The van der Waals surface area contributed by atoms with Crippen LogP contribution in [0.2, 0.25) is 0 Å². The lowest BCUT2D eigenvalue weighted by molar-refractivity contribution is 0.0868. The number of rotatable bonds is 5. The number of carbonyl (C=O) groups is 1. The lowest BCUT2D eigenvalue weighted by atomic mass is 10.1. The lowest BCUT2D eigenvalue weighted by Gasteiger charge is -2.16. The topological polar surface area (TPSA) is 92.9 Å². The van der Waals surface area contributed by atoms with Gasteiger partial charge in [0, 0.05) is 30.7 Å². The molecule has 0 aliphatic heterocycles. The molecular weight excluding hydrogens is 342 g/mol. The zero-order chi connectivity index (χ0) is 18.6. The minimum absolute atomic E-state index is 0.274. The van der Waals surface area contributed by atoms with Gasteiger partial charge in [-0.05, 0) is 30.9 Å². The van der Waals surface area contributed by atoms with E-state index in [0.29, 0.717) is 24.4 Å². The van der Waals surface area contributed by atoms with Gasteiger partial charge < -0.3 is 10.4 Å². The summed E-state index contributed by atoms with van der Waals surface area (Å²) in [5, 5.41) is 17.5. The molecule has 1 aliphatic carbocycles. The molecule has 1 aromatic carbocycles. The molecule has 3 atom stereocenters. The third-order valence-corrected chi connectivity index (χ3v) is 4.87. The van der Waals surface area contributed by atoms with Crippen molar-refractivity contribution in [3.8, 4) is 11.4 Å². The van der Waals surface area contributed by atoms with E-state index in [1.165, 1.54) is 0 Å². The standard InChI is InChI=1S/C20H21N5O2/c26-18-12-14(13-25-10-4-8-22-25)11-17(18)24-20(27)16-7-9-21-19(23-16)15-5-2-1-3-6-15/h1-10,14,17-18,26H,11-13H2,(H,24,27)/t14?,17-,18-/m1/s1. The zero-order valence-electron chi connectivity index (χ0n) is 14.8. The summed E-state index contributed by atoms with van der Waals surface area (Å²) in [7, 11) is 0. The van der Waals surface area contributed by atoms with Gasteiger partial charge in [0.25, 0.3) is 5.91 Å². The van der Waals surface area contributed by atoms with Crippen molar-refractivity contribution in [2.24, 2.45) is 5.92 Å². The predicted molar refractivity (Wildman–Crippen MR) is 99.7 cm³/mol. The molecular formula is C20H21N5O2. The van der Waals surface area contributed by atoms with Crippen LogP contribution in [0.4, 0.5) is 0 Å². The summed E-state index contributed by atoms with van der Waals surface area (Å²) in [6.07, 6.45) is 6.02. The van der Waals surface area contributed by atoms with Crippen LogP contribution in [-0.4, -0.2) is 42.9 Å².